The number of carbonyl (C=O) groups excluding carboxylic acids is 1. The van der Waals surface area contributed by atoms with Gasteiger partial charge in [0, 0.05) is 12.2 Å². The number of fused-ring (bicyclic) bond motifs is 1. The van der Waals surface area contributed by atoms with Crippen LogP contribution in [-0.2, 0) is 11.2 Å². The molecule has 3 rings (SSSR count). The summed E-state index contributed by atoms with van der Waals surface area (Å²) in [6.07, 6.45) is 5.48. The van der Waals surface area contributed by atoms with E-state index in [0.29, 0.717) is 17.5 Å². The lowest BCUT2D eigenvalue weighted by atomic mass is 9.95. The Morgan fingerprint density at radius 3 is 2.46 bits per heavy atom. The molecule has 148 valence electrons. The summed E-state index contributed by atoms with van der Waals surface area (Å²) in [4.78, 5) is 11.1. The molecule has 2 aromatic rings. The Bertz CT molecular complexity index is 931. The molecule has 1 N–H and O–H groups in total. The van der Waals surface area contributed by atoms with Gasteiger partial charge in [-0.15, -0.1) is 10.2 Å². The van der Waals surface area contributed by atoms with Crippen LogP contribution in [0.25, 0.3) is 11.1 Å². The van der Waals surface area contributed by atoms with Gasteiger partial charge in [0.2, 0.25) is 0 Å². The predicted octanol–water partition coefficient (Wildman–Crippen LogP) is 4.25. The molecule has 0 bridgehead atoms. The minimum atomic E-state index is 0.359. The molecule has 28 heavy (non-hydrogen) atoms. The van der Waals surface area contributed by atoms with E-state index in [1.165, 1.54) is 19.3 Å². The van der Waals surface area contributed by atoms with Crippen LogP contribution in [0.15, 0.2) is 51.8 Å². The van der Waals surface area contributed by atoms with Crippen LogP contribution in [0.5, 0.6) is 0 Å². The Hall–Kier alpha value is -2.62. The van der Waals surface area contributed by atoms with Gasteiger partial charge in [-0.1, -0.05) is 70.4 Å². The molecule has 0 spiro atoms. The zero-order chi connectivity index (χ0) is 20.4. The van der Waals surface area contributed by atoms with Gasteiger partial charge in [0.05, 0.1) is 5.22 Å². The molecule has 5 heteroatoms. The second-order valence-corrected chi connectivity index (χ2v) is 7.22. The van der Waals surface area contributed by atoms with E-state index in [4.69, 9.17) is 5.11 Å². The number of hydrogen-bond donors (Lipinski definition) is 1. The Balaban J connectivity index is 0.000000266. The molecule has 0 saturated heterocycles. The van der Waals surface area contributed by atoms with Crippen LogP contribution in [-0.4, -0.2) is 17.7 Å². The van der Waals surface area contributed by atoms with Gasteiger partial charge in [-0.2, -0.15) is 0 Å². The highest BCUT2D eigenvalue weighted by Crippen LogP contribution is 2.22. The molecule has 1 aliphatic rings. The van der Waals surface area contributed by atoms with Crippen molar-refractivity contribution in [3.8, 4) is 11.1 Å². The maximum absolute atomic E-state index is 11.1. The minimum Gasteiger partial charge on any atom is -0.396 e. The van der Waals surface area contributed by atoms with E-state index in [0.717, 1.165) is 40.8 Å². The molecule has 0 aliphatic carbocycles. The number of benzene rings is 2. The first-order valence-corrected chi connectivity index (χ1v) is 9.98. The standard InChI is InChI=1S/C15H11N3O.C8H18O/c1-2-12-11(9-19)8-13-15(17-18-16-13)14(12)10-6-4-3-5-7-10;1-8(2)6-4-3-5-7-9/h3-8H,2H2,1H3;8-9H,3-7H2,1-2H3. The Labute approximate surface area is 166 Å². The van der Waals surface area contributed by atoms with Gasteiger partial charge in [-0.05, 0) is 41.2 Å². The van der Waals surface area contributed by atoms with Crippen LogP contribution < -0.4 is 10.6 Å². The maximum atomic E-state index is 11.1. The van der Waals surface area contributed by atoms with Crippen molar-refractivity contribution in [3.63, 3.8) is 0 Å². The first-order chi connectivity index (χ1) is 13.6. The lowest BCUT2D eigenvalue weighted by Gasteiger charge is -2.08. The number of aliphatic hydroxyl groups excluding tert-OH is 1. The molecule has 0 aromatic heterocycles. The number of rotatable bonds is 7. The number of nitrogens with zero attached hydrogens (tertiary/aromatic N) is 3. The minimum absolute atomic E-state index is 0.359. The van der Waals surface area contributed by atoms with Gasteiger partial charge in [-0.3, -0.25) is 0 Å². The Morgan fingerprint density at radius 1 is 1.11 bits per heavy atom. The Morgan fingerprint density at radius 2 is 1.86 bits per heavy atom. The average molecular weight is 380 g/mol. The van der Waals surface area contributed by atoms with Gasteiger partial charge in [-0.25, -0.2) is 4.79 Å². The fourth-order valence-electron chi connectivity index (χ4n) is 3.21. The molecule has 1 aliphatic heterocycles. The van der Waals surface area contributed by atoms with Crippen molar-refractivity contribution in [1.82, 2.24) is 0 Å². The fourth-order valence-corrected chi connectivity index (χ4v) is 3.21. The SMILES string of the molecule is CC(C)CCCCCO.CCc1c(-c2ccccc2)c2c(cc1=C=O)N=NN=2. The molecule has 0 atom stereocenters. The molecule has 0 amide bonds. The lowest BCUT2D eigenvalue weighted by Crippen LogP contribution is -2.19. The van der Waals surface area contributed by atoms with Crippen molar-refractivity contribution >= 4 is 11.6 Å². The third-order valence-electron chi connectivity index (χ3n) is 4.65. The van der Waals surface area contributed by atoms with Crippen molar-refractivity contribution in [2.45, 2.75) is 52.9 Å². The summed E-state index contributed by atoms with van der Waals surface area (Å²) in [5, 5.41) is 21.5. The summed E-state index contributed by atoms with van der Waals surface area (Å²) in [5.74, 6) is 2.82. The number of unbranched alkanes of at least 4 members (excludes halogenated alkanes) is 2. The first-order valence-electron chi connectivity index (χ1n) is 9.98. The van der Waals surface area contributed by atoms with E-state index >= 15 is 0 Å². The molecular formula is C23H29N3O2. The summed E-state index contributed by atoms with van der Waals surface area (Å²) in [7, 11) is 0. The summed E-state index contributed by atoms with van der Waals surface area (Å²) >= 11 is 0. The highest BCUT2D eigenvalue weighted by Gasteiger charge is 2.15. The van der Waals surface area contributed by atoms with Crippen molar-refractivity contribution in [3.05, 3.63) is 52.5 Å². The number of hydrogen-bond acceptors (Lipinski definition) is 5. The van der Waals surface area contributed by atoms with E-state index in [2.05, 4.69) is 29.3 Å². The first kappa shape index (κ1) is 21.7. The van der Waals surface area contributed by atoms with E-state index in [1.807, 2.05) is 43.2 Å². The van der Waals surface area contributed by atoms with E-state index in [9.17, 15) is 4.79 Å². The van der Waals surface area contributed by atoms with E-state index in [-0.39, 0.29) is 0 Å². The molecule has 0 radical (unpaired) electrons. The summed E-state index contributed by atoms with van der Waals surface area (Å²) in [6.45, 7) is 6.84. The monoisotopic (exact) mass is 379 g/mol. The third-order valence-corrected chi connectivity index (χ3v) is 4.65. The topological polar surface area (TPSA) is 74.4 Å². The maximum Gasteiger partial charge on any atom is 0.132 e. The van der Waals surface area contributed by atoms with Crippen LogP contribution >= 0.6 is 0 Å². The second-order valence-electron chi connectivity index (χ2n) is 7.22. The van der Waals surface area contributed by atoms with Crippen LogP contribution in [0.4, 0.5) is 5.69 Å². The zero-order valence-electron chi connectivity index (χ0n) is 17.0. The molecule has 2 aromatic carbocycles. The second kappa shape index (κ2) is 11.3. The van der Waals surface area contributed by atoms with Crippen LogP contribution in [0, 0.1) is 5.92 Å². The van der Waals surface area contributed by atoms with Gasteiger partial charge in [0.25, 0.3) is 0 Å². The predicted molar refractivity (Wildman–Crippen MR) is 112 cm³/mol. The highest BCUT2D eigenvalue weighted by atomic mass is 16.2. The smallest absolute Gasteiger partial charge is 0.132 e. The lowest BCUT2D eigenvalue weighted by molar-refractivity contribution is 0.281. The van der Waals surface area contributed by atoms with Gasteiger partial charge in [0.15, 0.2) is 0 Å². The zero-order valence-corrected chi connectivity index (χ0v) is 17.0. The van der Waals surface area contributed by atoms with Gasteiger partial charge >= 0.3 is 0 Å². The quantitative estimate of drug-likeness (QED) is 0.731. The van der Waals surface area contributed by atoms with Crippen LogP contribution in [0.2, 0.25) is 0 Å². The van der Waals surface area contributed by atoms with Gasteiger partial charge < -0.3 is 5.11 Å². The molecule has 0 fully saturated rings. The summed E-state index contributed by atoms with van der Waals surface area (Å²) < 4.78 is 0. The summed E-state index contributed by atoms with van der Waals surface area (Å²) in [5.41, 5.74) is 3.53. The fraction of sp³-hybridized carbons (Fsp3) is 0.435. The average Bonchev–Trinajstić information content (AvgIpc) is 3.19. The van der Waals surface area contributed by atoms with Crippen molar-refractivity contribution in [1.29, 1.82) is 0 Å². The van der Waals surface area contributed by atoms with Crippen molar-refractivity contribution < 1.29 is 9.90 Å². The number of aliphatic hydroxyl groups is 1. The van der Waals surface area contributed by atoms with Gasteiger partial charge in [0.1, 0.15) is 17.0 Å². The largest absolute Gasteiger partial charge is 0.396 e. The van der Waals surface area contributed by atoms with Crippen LogP contribution in [0.1, 0.15) is 52.0 Å². The molecule has 0 unspecified atom stereocenters. The Kier molecular flexibility index (Phi) is 8.73. The molecule has 0 saturated carbocycles. The van der Waals surface area contributed by atoms with E-state index in [1.54, 1.807) is 6.07 Å². The normalized spacial score (nSPS) is 11.5. The van der Waals surface area contributed by atoms with E-state index < -0.39 is 0 Å². The van der Waals surface area contributed by atoms with Crippen molar-refractivity contribution in [2.75, 3.05) is 6.61 Å². The van der Waals surface area contributed by atoms with Crippen LogP contribution in [0.3, 0.4) is 0 Å². The summed E-state index contributed by atoms with van der Waals surface area (Å²) in [6, 6.07) is 11.6. The highest BCUT2D eigenvalue weighted by molar-refractivity contribution is 5.73. The molecule has 5 nitrogen and oxygen atoms in total. The van der Waals surface area contributed by atoms with Crippen molar-refractivity contribution in [2.24, 2.45) is 21.4 Å². The molecular weight excluding hydrogens is 350 g/mol. The molecule has 1 heterocycles. The third kappa shape index (κ3) is 5.69.